The number of ether oxygens (including phenoxy) is 1. The Balaban J connectivity index is 2.22. The predicted molar refractivity (Wildman–Crippen MR) is 60.8 cm³/mol. The third kappa shape index (κ3) is 4.07. The van der Waals surface area contributed by atoms with Crippen molar-refractivity contribution in [2.45, 2.75) is 38.3 Å². The molecule has 1 fully saturated rings. The van der Waals surface area contributed by atoms with Gasteiger partial charge in [-0.15, -0.1) is 0 Å². The summed E-state index contributed by atoms with van der Waals surface area (Å²) in [7, 11) is 0. The summed E-state index contributed by atoms with van der Waals surface area (Å²) in [5, 5.41) is 8.66. The minimum Gasteiger partial charge on any atom is -0.394 e. The number of hydrogen-bond acceptors (Lipinski definition) is 4. The molecule has 4 heteroatoms. The lowest BCUT2D eigenvalue weighted by Crippen LogP contribution is -2.46. The van der Waals surface area contributed by atoms with Crippen LogP contribution in [-0.4, -0.2) is 55.0 Å². The highest BCUT2D eigenvalue weighted by Crippen LogP contribution is 2.16. The van der Waals surface area contributed by atoms with E-state index in [1.807, 2.05) is 0 Å². The fourth-order valence-electron chi connectivity index (χ4n) is 2.20. The summed E-state index contributed by atoms with van der Waals surface area (Å²) in [6.45, 7) is 5.68. The van der Waals surface area contributed by atoms with Crippen molar-refractivity contribution in [2.75, 3.05) is 32.8 Å². The molecule has 0 aromatic carbocycles. The molecule has 15 heavy (non-hydrogen) atoms. The van der Waals surface area contributed by atoms with E-state index in [0.29, 0.717) is 18.8 Å². The molecule has 0 aromatic heterocycles. The van der Waals surface area contributed by atoms with Crippen LogP contribution in [0.2, 0.25) is 0 Å². The first kappa shape index (κ1) is 12.9. The standard InChI is InChI=1S/C11H24N2O2/c1-2-10(9-12)13-5-3-11(4-6-13)15-8-7-14/h10-11,14H,2-9,12H2,1H3. The van der Waals surface area contributed by atoms with Gasteiger partial charge in [-0.1, -0.05) is 6.92 Å². The number of nitrogens with zero attached hydrogens (tertiary/aromatic N) is 1. The number of piperidine rings is 1. The maximum Gasteiger partial charge on any atom is 0.0701 e. The maximum absolute atomic E-state index is 8.66. The van der Waals surface area contributed by atoms with Crippen LogP contribution in [0, 0.1) is 0 Å². The van der Waals surface area contributed by atoms with E-state index in [4.69, 9.17) is 15.6 Å². The lowest BCUT2D eigenvalue weighted by molar-refractivity contribution is -0.0148. The molecule has 0 aliphatic carbocycles. The SMILES string of the molecule is CCC(CN)N1CCC(OCCO)CC1. The van der Waals surface area contributed by atoms with Gasteiger partial charge in [-0.25, -0.2) is 0 Å². The topological polar surface area (TPSA) is 58.7 Å². The van der Waals surface area contributed by atoms with Gasteiger partial charge in [-0.2, -0.15) is 0 Å². The predicted octanol–water partition coefficient (Wildman–Crippen LogP) is 0.197. The molecular formula is C11H24N2O2. The summed E-state index contributed by atoms with van der Waals surface area (Å²) < 4.78 is 5.52. The first-order valence-corrected chi connectivity index (χ1v) is 5.98. The van der Waals surface area contributed by atoms with Crippen LogP contribution in [0.5, 0.6) is 0 Å². The Bertz CT molecular complexity index is 155. The van der Waals surface area contributed by atoms with Gasteiger partial charge >= 0.3 is 0 Å². The van der Waals surface area contributed by atoms with E-state index in [1.165, 1.54) is 0 Å². The Morgan fingerprint density at radius 3 is 2.60 bits per heavy atom. The van der Waals surface area contributed by atoms with Crippen molar-refractivity contribution in [3.8, 4) is 0 Å². The Labute approximate surface area is 92.4 Å². The van der Waals surface area contributed by atoms with Gasteiger partial charge in [0.05, 0.1) is 19.3 Å². The number of rotatable bonds is 6. The molecule has 0 bridgehead atoms. The molecule has 0 saturated carbocycles. The van der Waals surface area contributed by atoms with Crippen LogP contribution in [-0.2, 0) is 4.74 Å². The quantitative estimate of drug-likeness (QED) is 0.666. The van der Waals surface area contributed by atoms with Gasteiger partial charge in [0.2, 0.25) is 0 Å². The molecule has 0 aromatic rings. The lowest BCUT2D eigenvalue weighted by Gasteiger charge is -2.36. The fraction of sp³-hybridized carbons (Fsp3) is 1.00. The molecule has 90 valence electrons. The zero-order chi connectivity index (χ0) is 11.1. The molecule has 1 atom stereocenters. The highest BCUT2D eigenvalue weighted by molar-refractivity contribution is 4.78. The van der Waals surface area contributed by atoms with Crippen molar-refractivity contribution in [1.29, 1.82) is 0 Å². The Morgan fingerprint density at radius 1 is 1.47 bits per heavy atom. The molecule has 1 saturated heterocycles. The molecular weight excluding hydrogens is 192 g/mol. The summed E-state index contributed by atoms with van der Waals surface area (Å²) in [6.07, 6.45) is 3.59. The average Bonchev–Trinajstić information content (AvgIpc) is 2.29. The monoisotopic (exact) mass is 216 g/mol. The normalized spacial score (nSPS) is 21.8. The average molecular weight is 216 g/mol. The summed E-state index contributed by atoms with van der Waals surface area (Å²) in [5.74, 6) is 0. The maximum atomic E-state index is 8.66. The lowest BCUT2D eigenvalue weighted by atomic mass is 10.0. The second kappa shape index (κ2) is 7.17. The van der Waals surface area contributed by atoms with Crippen LogP contribution in [0.4, 0.5) is 0 Å². The van der Waals surface area contributed by atoms with Crippen molar-refractivity contribution in [3.63, 3.8) is 0 Å². The Kier molecular flexibility index (Phi) is 6.17. The van der Waals surface area contributed by atoms with Crippen LogP contribution < -0.4 is 5.73 Å². The van der Waals surface area contributed by atoms with Crippen LogP contribution in [0.1, 0.15) is 26.2 Å². The van der Waals surface area contributed by atoms with Crippen LogP contribution in [0.15, 0.2) is 0 Å². The largest absolute Gasteiger partial charge is 0.394 e. The fourth-order valence-corrected chi connectivity index (χ4v) is 2.20. The summed E-state index contributed by atoms with van der Waals surface area (Å²) in [4.78, 5) is 2.46. The van der Waals surface area contributed by atoms with Crippen LogP contribution >= 0.6 is 0 Å². The smallest absolute Gasteiger partial charge is 0.0701 e. The zero-order valence-corrected chi connectivity index (χ0v) is 9.69. The number of nitrogens with two attached hydrogens (primary N) is 1. The molecule has 1 aliphatic heterocycles. The van der Waals surface area contributed by atoms with Crippen LogP contribution in [0.3, 0.4) is 0 Å². The number of hydrogen-bond donors (Lipinski definition) is 2. The Hall–Kier alpha value is -0.160. The summed E-state index contributed by atoms with van der Waals surface area (Å²) in [5.41, 5.74) is 5.72. The van der Waals surface area contributed by atoms with Gasteiger partial charge in [-0.3, -0.25) is 4.90 Å². The van der Waals surface area contributed by atoms with E-state index >= 15 is 0 Å². The van der Waals surface area contributed by atoms with E-state index in [0.717, 1.165) is 38.9 Å². The van der Waals surface area contributed by atoms with E-state index in [1.54, 1.807) is 0 Å². The van der Waals surface area contributed by atoms with Crippen molar-refractivity contribution in [1.82, 2.24) is 4.90 Å². The van der Waals surface area contributed by atoms with Gasteiger partial charge in [0.15, 0.2) is 0 Å². The van der Waals surface area contributed by atoms with E-state index in [-0.39, 0.29) is 6.61 Å². The molecule has 0 radical (unpaired) electrons. The van der Waals surface area contributed by atoms with E-state index in [2.05, 4.69) is 11.8 Å². The van der Waals surface area contributed by atoms with Crippen molar-refractivity contribution >= 4 is 0 Å². The van der Waals surface area contributed by atoms with Gasteiger partial charge < -0.3 is 15.6 Å². The van der Waals surface area contributed by atoms with Gasteiger partial charge in [0, 0.05) is 25.7 Å². The molecule has 1 unspecified atom stereocenters. The Morgan fingerprint density at radius 2 is 2.13 bits per heavy atom. The van der Waals surface area contributed by atoms with Gasteiger partial charge in [0.25, 0.3) is 0 Å². The van der Waals surface area contributed by atoms with E-state index < -0.39 is 0 Å². The molecule has 4 nitrogen and oxygen atoms in total. The van der Waals surface area contributed by atoms with Crippen molar-refractivity contribution in [2.24, 2.45) is 5.73 Å². The minimum absolute atomic E-state index is 0.126. The molecule has 1 rings (SSSR count). The highest BCUT2D eigenvalue weighted by Gasteiger charge is 2.23. The second-order valence-electron chi connectivity index (χ2n) is 4.13. The first-order valence-electron chi connectivity index (χ1n) is 5.98. The van der Waals surface area contributed by atoms with Crippen molar-refractivity contribution in [3.05, 3.63) is 0 Å². The zero-order valence-electron chi connectivity index (χ0n) is 9.69. The first-order chi connectivity index (χ1) is 7.31. The third-order valence-corrected chi connectivity index (χ3v) is 3.18. The van der Waals surface area contributed by atoms with Crippen molar-refractivity contribution < 1.29 is 9.84 Å². The third-order valence-electron chi connectivity index (χ3n) is 3.18. The van der Waals surface area contributed by atoms with E-state index in [9.17, 15) is 0 Å². The molecule has 0 spiro atoms. The summed E-state index contributed by atoms with van der Waals surface area (Å²) in [6, 6.07) is 0.531. The second-order valence-corrected chi connectivity index (χ2v) is 4.13. The highest BCUT2D eigenvalue weighted by atomic mass is 16.5. The molecule has 0 amide bonds. The minimum atomic E-state index is 0.126. The van der Waals surface area contributed by atoms with Crippen LogP contribution in [0.25, 0.3) is 0 Å². The number of likely N-dealkylation sites (tertiary alicyclic amines) is 1. The molecule has 1 heterocycles. The number of aliphatic hydroxyl groups excluding tert-OH is 1. The molecule has 1 aliphatic rings. The summed E-state index contributed by atoms with van der Waals surface area (Å²) >= 11 is 0. The van der Waals surface area contributed by atoms with Gasteiger partial charge in [0.1, 0.15) is 0 Å². The number of aliphatic hydroxyl groups is 1. The molecule has 3 N–H and O–H groups in total. The van der Waals surface area contributed by atoms with Gasteiger partial charge in [-0.05, 0) is 19.3 Å².